The summed E-state index contributed by atoms with van der Waals surface area (Å²) in [5, 5.41) is 0. The Labute approximate surface area is 80.8 Å². The van der Waals surface area contributed by atoms with Crippen molar-refractivity contribution in [2.24, 2.45) is 11.8 Å². The van der Waals surface area contributed by atoms with Crippen LogP contribution in [0.5, 0.6) is 0 Å². The van der Waals surface area contributed by atoms with E-state index in [1.54, 1.807) is 0 Å². The van der Waals surface area contributed by atoms with Crippen LogP contribution in [0, 0.1) is 5.92 Å². The average molecular weight is 208 g/mol. The second-order valence-electron chi connectivity index (χ2n) is 3.93. The summed E-state index contributed by atoms with van der Waals surface area (Å²) in [6.07, 6.45) is 3.03. The van der Waals surface area contributed by atoms with Crippen molar-refractivity contribution in [3.63, 3.8) is 0 Å². The lowest BCUT2D eigenvalue weighted by Gasteiger charge is -2.15. The molecule has 0 aromatic heterocycles. The molecule has 0 spiro atoms. The van der Waals surface area contributed by atoms with Crippen LogP contribution in [0.3, 0.4) is 0 Å². The molecule has 0 bridgehead atoms. The quantitative estimate of drug-likeness (QED) is 0.486. The van der Waals surface area contributed by atoms with Crippen LogP contribution in [0.2, 0.25) is 0 Å². The fraction of sp³-hybridized carbons (Fsp3) is 1.00. The summed E-state index contributed by atoms with van der Waals surface area (Å²) in [6, 6.07) is -0.114. The van der Waals surface area contributed by atoms with Crippen molar-refractivity contribution >= 4 is 9.84 Å². The molecule has 0 amide bonds. The number of rotatable bonds is 6. The van der Waals surface area contributed by atoms with Gasteiger partial charge in [-0.2, -0.15) is 0 Å². The molecule has 0 saturated carbocycles. The maximum atomic E-state index is 10.9. The zero-order chi connectivity index (χ0) is 10.5. The van der Waals surface area contributed by atoms with E-state index in [-0.39, 0.29) is 11.8 Å². The second-order valence-corrected chi connectivity index (χ2v) is 6.11. The van der Waals surface area contributed by atoms with Gasteiger partial charge in [-0.15, -0.1) is 0 Å². The van der Waals surface area contributed by atoms with Crippen LogP contribution >= 0.6 is 0 Å². The van der Waals surface area contributed by atoms with Gasteiger partial charge in [-0.3, -0.25) is 11.3 Å². The topological polar surface area (TPSA) is 72.2 Å². The van der Waals surface area contributed by atoms with Gasteiger partial charge in [0.2, 0.25) is 0 Å². The third-order valence-electron chi connectivity index (χ3n) is 1.83. The molecule has 0 aromatic rings. The Morgan fingerprint density at radius 1 is 1.31 bits per heavy atom. The highest BCUT2D eigenvalue weighted by Gasteiger charge is 2.13. The summed E-state index contributed by atoms with van der Waals surface area (Å²) in [5.41, 5.74) is 2.53. The molecule has 0 heterocycles. The van der Waals surface area contributed by atoms with Gasteiger partial charge >= 0.3 is 0 Å². The van der Waals surface area contributed by atoms with Gasteiger partial charge in [0.1, 0.15) is 9.84 Å². The van der Waals surface area contributed by atoms with Gasteiger partial charge in [-0.05, 0) is 18.8 Å². The first-order chi connectivity index (χ1) is 5.85. The SMILES string of the molecule is CC(C)CCC(CS(C)(=O)=O)NN. The lowest BCUT2D eigenvalue weighted by atomic mass is 10.0. The highest BCUT2D eigenvalue weighted by Crippen LogP contribution is 2.07. The lowest BCUT2D eigenvalue weighted by Crippen LogP contribution is -2.40. The van der Waals surface area contributed by atoms with Gasteiger partial charge in [0.25, 0.3) is 0 Å². The van der Waals surface area contributed by atoms with E-state index in [1.807, 2.05) is 0 Å². The van der Waals surface area contributed by atoms with E-state index in [0.717, 1.165) is 12.8 Å². The molecule has 1 atom stereocenters. The monoisotopic (exact) mass is 208 g/mol. The highest BCUT2D eigenvalue weighted by atomic mass is 32.2. The van der Waals surface area contributed by atoms with E-state index < -0.39 is 9.84 Å². The van der Waals surface area contributed by atoms with E-state index in [2.05, 4.69) is 19.3 Å². The summed E-state index contributed by atoms with van der Waals surface area (Å²) in [4.78, 5) is 0. The number of hydrogen-bond acceptors (Lipinski definition) is 4. The Hall–Kier alpha value is -0.130. The van der Waals surface area contributed by atoms with Crippen molar-refractivity contribution < 1.29 is 8.42 Å². The van der Waals surface area contributed by atoms with Gasteiger partial charge in [-0.25, -0.2) is 8.42 Å². The van der Waals surface area contributed by atoms with Crippen molar-refractivity contribution in [3.05, 3.63) is 0 Å². The predicted octanol–water partition coefficient (Wildman–Crippen LogP) is 0.299. The molecule has 0 aromatic carbocycles. The third-order valence-corrected chi connectivity index (χ3v) is 2.84. The first-order valence-corrected chi connectivity index (χ1v) is 6.55. The van der Waals surface area contributed by atoms with Crippen molar-refractivity contribution in [2.75, 3.05) is 12.0 Å². The molecule has 80 valence electrons. The van der Waals surface area contributed by atoms with Crippen molar-refractivity contribution in [1.82, 2.24) is 5.43 Å². The molecule has 5 heteroatoms. The van der Waals surface area contributed by atoms with Gasteiger partial charge in [-0.1, -0.05) is 13.8 Å². The fourth-order valence-electron chi connectivity index (χ4n) is 1.11. The number of nitrogens with one attached hydrogen (secondary N) is 1. The maximum Gasteiger partial charge on any atom is 0.149 e. The summed E-state index contributed by atoms with van der Waals surface area (Å²) in [6.45, 7) is 4.21. The second kappa shape index (κ2) is 5.57. The lowest BCUT2D eigenvalue weighted by molar-refractivity contribution is 0.457. The first kappa shape index (κ1) is 12.9. The maximum absolute atomic E-state index is 10.9. The highest BCUT2D eigenvalue weighted by molar-refractivity contribution is 7.90. The Balaban J connectivity index is 3.91. The summed E-state index contributed by atoms with van der Waals surface area (Å²) < 4.78 is 21.9. The normalized spacial score (nSPS) is 14.8. The van der Waals surface area contributed by atoms with E-state index in [1.165, 1.54) is 6.26 Å². The minimum absolute atomic E-state index is 0.114. The Morgan fingerprint density at radius 3 is 2.15 bits per heavy atom. The molecule has 1 unspecified atom stereocenters. The van der Waals surface area contributed by atoms with Crippen LogP contribution in [-0.4, -0.2) is 26.5 Å². The Morgan fingerprint density at radius 2 is 1.85 bits per heavy atom. The Kier molecular flexibility index (Phi) is 5.51. The number of nitrogens with two attached hydrogens (primary N) is 1. The molecule has 3 N–H and O–H groups in total. The number of hydrogen-bond donors (Lipinski definition) is 2. The molecule has 0 aliphatic carbocycles. The van der Waals surface area contributed by atoms with Gasteiger partial charge in [0.05, 0.1) is 5.75 Å². The van der Waals surface area contributed by atoms with Crippen LogP contribution in [0.15, 0.2) is 0 Å². The summed E-state index contributed by atoms with van der Waals surface area (Å²) in [5.74, 6) is 5.95. The zero-order valence-corrected chi connectivity index (χ0v) is 9.39. The number of sulfone groups is 1. The first-order valence-electron chi connectivity index (χ1n) is 4.49. The molecule has 0 radical (unpaired) electrons. The van der Waals surface area contributed by atoms with E-state index >= 15 is 0 Å². The summed E-state index contributed by atoms with van der Waals surface area (Å²) in [7, 11) is -2.93. The Bertz CT molecular complexity index is 224. The van der Waals surface area contributed by atoms with Gasteiger partial charge in [0.15, 0.2) is 0 Å². The fourth-order valence-corrected chi connectivity index (χ4v) is 2.11. The molecule has 4 nitrogen and oxygen atoms in total. The largest absolute Gasteiger partial charge is 0.271 e. The van der Waals surface area contributed by atoms with Crippen LogP contribution in [0.4, 0.5) is 0 Å². The molecule has 0 saturated heterocycles. The average Bonchev–Trinajstić information content (AvgIpc) is 1.95. The molecule has 0 aliphatic rings. The zero-order valence-electron chi connectivity index (χ0n) is 8.58. The van der Waals surface area contributed by atoms with E-state index in [4.69, 9.17) is 5.84 Å². The van der Waals surface area contributed by atoms with Crippen LogP contribution in [-0.2, 0) is 9.84 Å². The summed E-state index contributed by atoms with van der Waals surface area (Å²) >= 11 is 0. The van der Waals surface area contributed by atoms with Gasteiger partial charge in [0, 0.05) is 12.3 Å². The minimum atomic E-state index is -2.93. The van der Waals surface area contributed by atoms with Crippen LogP contribution in [0.1, 0.15) is 26.7 Å². The molecule has 13 heavy (non-hydrogen) atoms. The minimum Gasteiger partial charge on any atom is -0.271 e. The third kappa shape index (κ3) is 8.21. The van der Waals surface area contributed by atoms with Crippen molar-refractivity contribution in [3.8, 4) is 0 Å². The molecule has 0 fully saturated rings. The standard InChI is InChI=1S/C8H20N2O2S/c1-7(2)4-5-8(10-9)6-13(3,11)12/h7-8,10H,4-6,9H2,1-3H3. The van der Waals surface area contributed by atoms with E-state index in [9.17, 15) is 8.42 Å². The number of hydrazine groups is 1. The molecule has 0 rings (SSSR count). The van der Waals surface area contributed by atoms with Crippen molar-refractivity contribution in [2.45, 2.75) is 32.7 Å². The predicted molar refractivity (Wildman–Crippen MR) is 54.9 cm³/mol. The van der Waals surface area contributed by atoms with Crippen molar-refractivity contribution in [1.29, 1.82) is 0 Å². The smallest absolute Gasteiger partial charge is 0.149 e. The molecule has 0 aliphatic heterocycles. The molecular formula is C8H20N2O2S. The van der Waals surface area contributed by atoms with Crippen LogP contribution < -0.4 is 11.3 Å². The van der Waals surface area contributed by atoms with Gasteiger partial charge < -0.3 is 0 Å². The van der Waals surface area contributed by atoms with E-state index in [0.29, 0.717) is 5.92 Å². The van der Waals surface area contributed by atoms with Crippen LogP contribution in [0.25, 0.3) is 0 Å². The molecular weight excluding hydrogens is 188 g/mol.